The van der Waals surface area contributed by atoms with Crippen molar-refractivity contribution in [2.45, 2.75) is 20.0 Å². The number of aryl methyl sites for hydroxylation is 1. The number of carbonyl (C=O) groups is 1. The van der Waals surface area contributed by atoms with Crippen LogP contribution in [-0.2, 0) is 13.1 Å². The zero-order valence-electron chi connectivity index (χ0n) is 20.6. The molecule has 8 nitrogen and oxygen atoms in total. The lowest BCUT2D eigenvalue weighted by atomic mass is 10.00. The van der Waals surface area contributed by atoms with Gasteiger partial charge in [-0.3, -0.25) is 4.68 Å². The topological polar surface area (TPSA) is 90.9 Å². The third-order valence-electron chi connectivity index (χ3n) is 5.90. The van der Waals surface area contributed by atoms with E-state index in [2.05, 4.69) is 44.7 Å². The number of aromatic nitrogens is 4. The van der Waals surface area contributed by atoms with Crippen molar-refractivity contribution >= 4 is 28.4 Å². The molecule has 2 aromatic carbocycles. The Hall–Kier alpha value is -4.43. The predicted octanol–water partition coefficient (Wildman–Crippen LogP) is 5.82. The average Bonchev–Trinajstić information content (AvgIpc) is 3.48. The maximum atomic E-state index is 12.4. The molecule has 0 bridgehead atoms. The summed E-state index contributed by atoms with van der Waals surface area (Å²) in [5.41, 5.74) is 7.41. The number of hydrogen-bond donors (Lipinski definition) is 3. The Bertz CT molecular complexity index is 1480. The van der Waals surface area contributed by atoms with Crippen LogP contribution in [0.2, 0.25) is 0 Å². The van der Waals surface area contributed by atoms with Crippen LogP contribution in [-0.4, -0.2) is 44.8 Å². The van der Waals surface area contributed by atoms with Crippen LogP contribution in [0.4, 0.5) is 16.2 Å². The highest BCUT2D eigenvalue weighted by molar-refractivity contribution is 6.00. The lowest BCUT2D eigenvalue weighted by Crippen LogP contribution is -2.19. The van der Waals surface area contributed by atoms with E-state index in [1.165, 1.54) is 0 Å². The maximum Gasteiger partial charge on any atom is 0.323 e. The van der Waals surface area contributed by atoms with Crippen molar-refractivity contribution in [2.75, 3.05) is 24.7 Å². The minimum absolute atomic E-state index is 0.287. The zero-order valence-corrected chi connectivity index (χ0v) is 20.6. The fourth-order valence-electron chi connectivity index (χ4n) is 4.26. The van der Waals surface area contributed by atoms with Gasteiger partial charge in [-0.05, 0) is 63.0 Å². The van der Waals surface area contributed by atoms with Gasteiger partial charge in [0.1, 0.15) is 11.3 Å². The van der Waals surface area contributed by atoms with E-state index >= 15 is 0 Å². The van der Waals surface area contributed by atoms with Crippen molar-refractivity contribution in [1.82, 2.24) is 24.6 Å². The van der Waals surface area contributed by atoms with Crippen molar-refractivity contribution in [2.24, 2.45) is 0 Å². The van der Waals surface area contributed by atoms with E-state index in [1.807, 2.05) is 85.6 Å². The van der Waals surface area contributed by atoms with Gasteiger partial charge in [0.2, 0.25) is 0 Å². The normalized spacial score (nSPS) is 11.2. The number of hydrogen-bond acceptors (Lipinski definition) is 4. The van der Waals surface area contributed by atoms with Gasteiger partial charge < -0.3 is 20.5 Å². The Balaban J connectivity index is 1.44. The molecular formula is C28H29N7O. The van der Waals surface area contributed by atoms with Gasteiger partial charge in [0.05, 0.1) is 0 Å². The first-order chi connectivity index (χ1) is 17.5. The van der Waals surface area contributed by atoms with Crippen LogP contribution in [0, 0.1) is 0 Å². The standard InChI is InChI=1S/C28H29N7O/c1-4-35-18-25(23-14-15-29-27-24(23)16-22(30-27)17-34(2)3)26(33-35)19-10-12-21(13-11-19)32-28(36)31-20-8-6-5-7-9-20/h5-16,18H,4,17H2,1-3H3,(H,29,30)(H2,31,32,36). The highest BCUT2D eigenvalue weighted by Gasteiger charge is 2.17. The first kappa shape index (κ1) is 23.3. The van der Waals surface area contributed by atoms with Gasteiger partial charge in [0.15, 0.2) is 0 Å². The van der Waals surface area contributed by atoms with Crippen molar-refractivity contribution in [3.63, 3.8) is 0 Å². The molecule has 182 valence electrons. The van der Waals surface area contributed by atoms with Gasteiger partial charge >= 0.3 is 6.03 Å². The van der Waals surface area contributed by atoms with Gasteiger partial charge in [0.25, 0.3) is 0 Å². The number of nitrogens with one attached hydrogen (secondary N) is 3. The summed E-state index contributed by atoms with van der Waals surface area (Å²) in [6.07, 6.45) is 3.92. The van der Waals surface area contributed by atoms with E-state index in [1.54, 1.807) is 0 Å². The number of fused-ring (bicyclic) bond motifs is 1. The quantitative estimate of drug-likeness (QED) is 0.274. The van der Waals surface area contributed by atoms with Gasteiger partial charge in [0, 0.05) is 59.1 Å². The highest BCUT2D eigenvalue weighted by Crippen LogP contribution is 2.35. The van der Waals surface area contributed by atoms with Crippen LogP contribution in [0.5, 0.6) is 0 Å². The van der Waals surface area contributed by atoms with Crippen molar-refractivity contribution in [3.8, 4) is 22.4 Å². The molecule has 2 amide bonds. The first-order valence-corrected chi connectivity index (χ1v) is 11.9. The number of nitrogens with zero attached hydrogens (tertiary/aromatic N) is 4. The number of H-pyrrole nitrogens is 1. The molecule has 3 N–H and O–H groups in total. The summed E-state index contributed by atoms with van der Waals surface area (Å²) < 4.78 is 1.95. The lowest BCUT2D eigenvalue weighted by molar-refractivity contribution is 0.262. The van der Waals surface area contributed by atoms with Crippen molar-refractivity contribution < 1.29 is 4.79 Å². The zero-order chi connectivity index (χ0) is 25.1. The van der Waals surface area contributed by atoms with Gasteiger partial charge in [-0.25, -0.2) is 9.78 Å². The molecule has 5 rings (SSSR count). The summed E-state index contributed by atoms with van der Waals surface area (Å²) in [5.74, 6) is 0. The average molecular weight is 480 g/mol. The summed E-state index contributed by atoms with van der Waals surface area (Å²) in [5, 5.41) is 11.6. The number of rotatable bonds is 7. The van der Waals surface area contributed by atoms with E-state index in [0.717, 1.165) is 57.9 Å². The SMILES string of the molecule is CCn1cc(-c2ccnc3[nH]c(CN(C)C)cc23)c(-c2ccc(NC(=O)Nc3ccccc3)cc2)n1. The molecule has 0 spiro atoms. The van der Waals surface area contributed by atoms with E-state index in [9.17, 15) is 4.79 Å². The van der Waals surface area contributed by atoms with Gasteiger partial charge in [-0.2, -0.15) is 5.10 Å². The molecule has 36 heavy (non-hydrogen) atoms. The van der Waals surface area contributed by atoms with Gasteiger partial charge in [-0.1, -0.05) is 30.3 Å². The molecule has 0 radical (unpaired) electrons. The summed E-state index contributed by atoms with van der Waals surface area (Å²) in [4.78, 5) is 22.5. The predicted molar refractivity (Wildman–Crippen MR) is 145 cm³/mol. The second-order valence-corrected chi connectivity index (χ2v) is 8.92. The monoisotopic (exact) mass is 479 g/mol. The Labute approximate surface area is 210 Å². The third kappa shape index (κ3) is 4.99. The summed E-state index contributed by atoms with van der Waals surface area (Å²) in [7, 11) is 4.10. The Morgan fingerprint density at radius 3 is 2.39 bits per heavy atom. The third-order valence-corrected chi connectivity index (χ3v) is 5.90. The first-order valence-electron chi connectivity index (χ1n) is 11.9. The second-order valence-electron chi connectivity index (χ2n) is 8.92. The van der Waals surface area contributed by atoms with Gasteiger partial charge in [-0.15, -0.1) is 0 Å². The number of pyridine rings is 1. The van der Waals surface area contributed by atoms with E-state index in [0.29, 0.717) is 5.69 Å². The molecule has 0 aliphatic heterocycles. The minimum atomic E-state index is -0.287. The van der Waals surface area contributed by atoms with E-state index < -0.39 is 0 Å². The summed E-state index contributed by atoms with van der Waals surface area (Å²) in [6, 6.07) is 21.0. The number of amides is 2. The van der Waals surface area contributed by atoms with Crippen molar-refractivity contribution in [3.05, 3.63) is 84.8 Å². The molecule has 0 atom stereocenters. The maximum absolute atomic E-state index is 12.4. The van der Waals surface area contributed by atoms with Crippen LogP contribution in [0.1, 0.15) is 12.6 Å². The molecule has 0 saturated heterocycles. The molecule has 3 aromatic heterocycles. The Kier molecular flexibility index (Phi) is 6.51. The molecule has 8 heteroatoms. The largest absolute Gasteiger partial charge is 0.342 e. The van der Waals surface area contributed by atoms with Crippen LogP contribution in [0.3, 0.4) is 0 Å². The minimum Gasteiger partial charge on any atom is -0.342 e. The number of para-hydroxylation sites is 1. The van der Waals surface area contributed by atoms with Crippen LogP contribution in [0.15, 0.2) is 79.1 Å². The smallest absolute Gasteiger partial charge is 0.323 e. The number of aromatic amines is 1. The van der Waals surface area contributed by atoms with E-state index in [4.69, 9.17) is 5.10 Å². The molecule has 3 heterocycles. The number of anilines is 2. The Morgan fingerprint density at radius 1 is 0.972 bits per heavy atom. The number of benzene rings is 2. The van der Waals surface area contributed by atoms with Crippen LogP contribution < -0.4 is 10.6 Å². The number of urea groups is 1. The molecule has 0 saturated carbocycles. The summed E-state index contributed by atoms with van der Waals surface area (Å²) >= 11 is 0. The fraction of sp³-hybridized carbons (Fsp3) is 0.179. The van der Waals surface area contributed by atoms with Crippen LogP contribution >= 0.6 is 0 Å². The summed E-state index contributed by atoms with van der Waals surface area (Å²) in [6.45, 7) is 3.65. The Morgan fingerprint density at radius 2 is 1.69 bits per heavy atom. The number of carbonyl (C=O) groups excluding carboxylic acids is 1. The molecule has 0 aliphatic carbocycles. The van der Waals surface area contributed by atoms with E-state index in [-0.39, 0.29) is 6.03 Å². The molecule has 0 unspecified atom stereocenters. The highest BCUT2D eigenvalue weighted by atomic mass is 16.2. The second kappa shape index (κ2) is 10.1. The van der Waals surface area contributed by atoms with Crippen LogP contribution in [0.25, 0.3) is 33.4 Å². The molecule has 0 fully saturated rings. The molecular weight excluding hydrogens is 450 g/mol. The molecule has 0 aliphatic rings. The van der Waals surface area contributed by atoms with Crippen molar-refractivity contribution in [1.29, 1.82) is 0 Å². The fourth-order valence-corrected chi connectivity index (χ4v) is 4.26. The molecule has 5 aromatic rings. The lowest BCUT2D eigenvalue weighted by Gasteiger charge is -2.09.